The van der Waals surface area contributed by atoms with Gasteiger partial charge in [0.2, 0.25) is 0 Å². The number of hydrogen-bond acceptors (Lipinski definition) is 3. The number of nitrogens with one attached hydrogen (secondary N) is 1. The van der Waals surface area contributed by atoms with Crippen LogP contribution in [0.1, 0.15) is 69.3 Å². The first kappa shape index (κ1) is 12.6. The van der Waals surface area contributed by atoms with Crippen molar-refractivity contribution in [2.75, 3.05) is 7.05 Å². The van der Waals surface area contributed by atoms with Gasteiger partial charge in [-0.15, -0.1) is 5.10 Å². The summed E-state index contributed by atoms with van der Waals surface area (Å²) < 4.78 is 2.20. The van der Waals surface area contributed by atoms with Gasteiger partial charge in [0.15, 0.2) is 0 Å². The van der Waals surface area contributed by atoms with Crippen molar-refractivity contribution in [3.63, 3.8) is 0 Å². The third-order valence-corrected chi connectivity index (χ3v) is 3.62. The van der Waals surface area contributed by atoms with Crippen LogP contribution in [0.4, 0.5) is 0 Å². The predicted octanol–water partition coefficient (Wildman–Crippen LogP) is 2.63. The van der Waals surface area contributed by atoms with Crippen LogP contribution in [-0.4, -0.2) is 22.0 Å². The standard InChI is InChI=1S/C13H24N4/c1-10(2)13-12(9-14-3)15-16-17(13)11-7-5-4-6-8-11/h10-11,14H,4-9H2,1-3H3. The summed E-state index contributed by atoms with van der Waals surface area (Å²) in [6.45, 7) is 5.29. The van der Waals surface area contributed by atoms with E-state index in [4.69, 9.17) is 0 Å². The lowest BCUT2D eigenvalue weighted by Crippen LogP contribution is -2.18. The Labute approximate surface area is 104 Å². The Morgan fingerprint density at radius 3 is 2.59 bits per heavy atom. The molecule has 0 radical (unpaired) electrons. The minimum Gasteiger partial charge on any atom is -0.314 e. The molecule has 2 rings (SSSR count). The fraction of sp³-hybridized carbons (Fsp3) is 0.846. The van der Waals surface area contributed by atoms with E-state index in [-0.39, 0.29) is 0 Å². The van der Waals surface area contributed by atoms with Gasteiger partial charge >= 0.3 is 0 Å². The lowest BCUT2D eigenvalue weighted by molar-refractivity contribution is 0.314. The SMILES string of the molecule is CNCc1nnn(C2CCCCC2)c1C(C)C. The quantitative estimate of drug-likeness (QED) is 0.874. The zero-order chi connectivity index (χ0) is 12.3. The van der Waals surface area contributed by atoms with Gasteiger partial charge in [-0.2, -0.15) is 0 Å². The van der Waals surface area contributed by atoms with E-state index in [0.717, 1.165) is 12.2 Å². The topological polar surface area (TPSA) is 42.7 Å². The molecule has 0 unspecified atom stereocenters. The van der Waals surface area contributed by atoms with Crippen LogP contribution in [0.2, 0.25) is 0 Å². The van der Waals surface area contributed by atoms with Crippen LogP contribution in [0.25, 0.3) is 0 Å². The van der Waals surface area contributed by atoms with Crippen molar-refractivity contribution in [1.82, 2.24) is 20.3 Å². The molecule has 1 aliphatic rings. The van der Waals surface area contributed by atoms with Crippen molar-refractivity contribution in [3.8, 4) is 0 Å². The van der Waals surface area contributed by atoms with E-state index in [9.17, 15) is 0 Å². The van der Waals surface area contributed by atoms with Gasteiger partial charge in [-0.3, -0.25) is 0 Å². The van der Waals surface area contributed by atoms with Gasteiger partial charge in [-0.05, 0) is 25.8 Å². The van der Waals surface area contributed by atoms with E-state index < -0.39 is 0 Å². The van der Waals surface area contributed by atoms with E-state index in [2.05, 4.69) is 34.2 Å². The Morgan fingerprint density at radius 2 is 2.00 bits per heavy atom. The Bertz CT molecular complexity index is 350. The summed E-state index contributed by atoms with van der Waals surface area (Å²) in [5.74, 6) is 0.496. The summed E-state index contributed by atoms with van der Waals surface area (Å²) in [6.07, 6.45) is 6.59. The molecule has 4 nitrogen and oxygen atoms in total. The second-order valence-electron chi connectivity index (χ2n) is 5.34. The van der Waals surface area contributed by atoms with E-state index >= 15 is 0 Å². The van der Waals surface area contributed by atoms with Gasteiger partial charge in [0.05, 0.1) is 17.4 Å². The van der Waals surface area contributed by atoms with Gasteiger partial charge in [0, 0.05) is 6.54 Å². The average molecular weight is 236 g/mol. The molecule has 0 amide bonds. The first-order chi connectivity index (χ1) is 8.24. The Morgan fingerprint density at radius 1 is 1.29 bits per heavy atom. The van der Waals surface area contributed by atoms with Crippen molar-refractivity contribution in [2.45, 2.75) is 64.5 Å². The fourth-order valence-electron chi connectivity index (χ4n) is 2.82. The highest BCUT2D eigenvalue weighted by atomic mass is 15.4. The van der Waals surface area contributed by atoms with Crippen LogP contribution < -0.4 is 5.32 Å². The van der Waals surface area contributed by atoms with Crippen molar-refractivity contribution in [3.05, 3.63) is 11.4 Å². The first-order valence-electron chi connectivity index (χ1n) is 6.82. The van der Waals surface area contributed by atoms with Gasteiger partial charge in [0.25, 0.3) is 0 Å². The number of hydrogen-bond donors (Lipinski definition) is 1. The van der Waals surface area contributed by atoms with Crippen LogP contribution in [0, 0.1) is 0 Å². The van der Waals surface area contributed by atoms with Crippen LogP contribution in [-0.2, 0) is 6.54 Å². The third-order valence-electron chi connectivity index (χ3n) is 3.62. The Balaban J connectivity index is 2.25. The van der Waals surface area contributed by atoms with Gasteiger partial charge in [0.1, 0.15) is 0 Å². The van der Waals surface area contributed by atoms with Crippen LogP contribution >= 0.6 is 0 Å². The summed E-state index contributed by atoms with van der Waals surface area (Å²) in [5, 5.41) is 11.9. The molecular formula is C13H24N4. The molecule has 0 saturated heterocycles. The molecule has 1 aromatic heterocycles. The maximum Gasteiger partial charge on any atom is 0.0999 e. The molecule has 0 aromatic carbocycles. The van der Waals surface area contributed by atoms with Gasteiger partial charge in [-0.1, -0.05) is 38.3 Å². The van der Waals surface area contributed by atoms with Crippen molar-refractivity contribution in [2.24, 2.45) is 0 Å². The molecule has 0 aliphatic heterocycles. The molecule has 4 heteroatoms. The molecule has 1 aliphatic carbocycles. The second-order valence-corrected chi connectivity index (χ2v) is 5.34. The number of nitrogens with zero attached hydrogens (tertiary/aromatic N) is 3. The summed E-state index contributed by atoms with van der Waals surface area (Å²) in [6, 6.07) is 0.583. The molecule has 17 heavy (non-hydrogen) atoms. The summed E-state index contributed by atoms with van der Waals surface area (Å²) in [7, 11) is 1.96. The van der Waals surface area contributed by atoms with Crippen molar-refractivity contribution >= 4 is 0 Å². The molecule has 1 aromatic rings. The number of aromatic nitrogens is 3. The number of rotatable bonds is 4. The monoisotopic (exact) mass is 236 g/mol. The smallest absolute Gasteiger partial charge is 0.0999 e. The lowest BCUT2D eigenvalue weighted by Gasteiger charge is -2.24. The predicted molar refractivity (Wildman–Crippen MR) is 69.0 cm³/mol. The lowest BCUT2D eigenvalue weighted by atomic mass is 9.94. The minimum atomic E-state index is 0.496. The van der Waals surface area contributed by atoms with E-state index in [1.165, 1.54) is 37.8 Å². The molecule has 96 valence electrons. The normalized spacial score (nSPS) is 17.9. The summed E-state index contributed by atoms with van der Waals surface area (Å²) in [4.78, 5) is 0. The molecule has 0 bridgehead atoms. The molecule has 1 heterocycles. The largest absolute Gasteiger partial charge is 0.314 e. The molecule has 0 spiro atoms. The van der Waals surface area contributed by atoms with Crippen LogP contribution in [0.5, 0.6) is 0 Å². The molecule has 0 atom stereocenters. The highest BCUT2D eigenvalue weighted by Gasteiger charge is 2.23. The second kappa shape index (κ2) is 5.63. The third kappa shape index (κ3) is 2.68. The highest BCUT2D eigenvalue weighted by Crippen LogP contribution is 2.31. The van der Waals surface area contributed by atoms with E-state index in [1.54, 1.807) is 0 Å². The molecule has 1 N–H and O–H groups in total. The Kier molecular flexibility index (Phi) is 4.15. The molecule has 1 saturated carbocycles. The summed E-state index contributed by atoms with van der Waals surface area (Å²) >= 11 is 0. The minimum absolute atomic E-state index is 0.496. The maximum absolute atomic E-state index is 4.41. The van der Waals surface area contributed by atoms with Crippen LogP contribution in [0.3, 0.4) is 0 Å². The van der Waals surface area contributed by atoms with E-state index in [1.807, 2.05) is 7.05 Å². The van der Waals surface area contributed by atoms with Crippen LogP contribution in [0.15, 0.2) is 0 Å². The molecular weight excluding hydrogens is 212 g/mol. The zero-order valence-corrected chi connectivity index (χ0v) is 11.2. The fourth-order valence-corrected chi connectivity index (χ4v) is 2.82. The highest BCUT2D eigenvalue weighted by molar-refractivity contribution is 5.15. The molecule has 1 fully saturated rings. The summed E-state index contributed by atoms with van der Waals surface area (Å²) in [5.41, 5.74) is 2.44. The van der Waals surface area contributed by atoms with E-state index in [0.29, 0.717) is 12.0 Å². The Hall–Kier alpha value is -0.900. The van der Waals surface area contributed by atoms with Crippen molar-refractivity contribution < 1.29 is 0 Å². The van der Waals surface area contributed by atoms with Crippen molar-refractivity contribution in [1.29, 1.82) is 0 Å². The maximum atomic E-state index is 4.41. The van der Waals surface area contributed by atoms with Gasteiger partial charge in [-0.25, -0.2) is 4.68 Å². The first-order valence-corrected chi connectivity index (χ1v) is 6.82. The zero-order valence-electron chi connectivity index (χ0n) is 11.2. The average Bonchev–Trinajstić information content (AvgIpc) is 2.74. The van der Waals surface area contributed by atoms with Gasteiger partial charge < -0.3 is 5.32 Å².